The van der Waals surface area contributed by atoms with E-state index in [-0.39, 0.29) is 17.6 Å². The Hall–Kier alpha value is -2.34. The number of carbonyl (C=O) groups excluding carboxylic acids is 1. The maximum atomic E-state index is 12.4. The van der Waals surface area contributed by atoms with E-state index in [0.29, 0.717) is 5.56 Å². The normalized spacial score (nSPS) is 12.4. The number of sulfonamides is 1. The van der Waals surface area contributed by atoms with E-state index in [1.165, 1.54) is 5.56 Å². The van der Waals surface area contributed by atoms with Crippen LogP contribution in [-0.4, -0.2) is 26.6 Å². The lowest BCUT2D eigenvalue weighted by atomic mass is 10.1. The van der Waals surface area contributed by atoms with Crippen LogP contribution in [0.2, 0.25) is 0 Å². The lowest BCUT2D eigenvalue weighted by Crippen LogP contribution is -2.33. The first-order valence-corrected chi connectivity index (χ1v) is 9.66. The van der Waals surface area contributed by atoms with Gasteiger partial charge in [0.1, 0.15) is 0 Å². The van der Waals surface area contributed by atoms with Crippen molar-refractivity contribution in [1.82, 2.24) is 5.32 Å². The van der Waals surface area contributed by atoms with Crippen molar-refractivity contribution in [2.75, 3.05) is 11.0 Å². The summed E-state index contributed by atoms with van der Waals surface area (Å²) in [6.07, 6.45) is 2.73. The van der Waals surface area contributed by atoms with Crippen LogP contribution < -0.4 is 10.0 Å². The lowest BCUT2D eigenvalue weighted by molar-refractivity contribution is 0.0939. The van der Waals surface area contributed by atoms with E-state index in [0.717, 1.165) is 19.1 Å². The molecule has 0 aliphatic rings. The van der Waals surface area contributed by atoms with E-state index in [2.05, 4.69) is 22.2 Å². The van der Waals surface area contributed by atoms with Crippen LogP contribution in [0, 0.1) is 0 Å². The van der Waals surface area contributed by atoms with Crippen LogP contribution in [0.3, 0.4) is 0 Å². The molecule has 0 spiro atoms. The van der Waals surface area contributed by atoms with Gasteiger partial charge < -0.3 is 5.32 Å². The smallest absolute Gasteiger partial charge is 0.253 e. The van der Waals surface area contributed by atoms with Crippen molar-refractivity contribution >= 4 is 21.6 Å². The zero-order chi connectivity index (χ0) is 17.6. The highest BCUT2D eigenvalue weighted by Crippen LogP contribution is 2.16. The minimum atomic E-state index is -3.44. The quantitative estimate of drug-likeness (QED) is 0.809. The first kappa shape index (κ1) is 18.0. The summed E-state index contributed by atoms with van der Waals surface area (Å²) in [6, 6.07) is 16.6. The lowest BCUT2D eigenvalue weighted by Gasteiger charge is -2.16. The number of rotatable bonds is 7. The molecule has 0 saturated carbocycles. The molecule has 6 heteroatoms. The Morgan fingerprint density at radius 2 is 1.67 bits per heavy atom. The second-order valence-corrected chi connectivity index (χ2v) is 7.57. The predicted molar refractivity (Wildman–Crippen MR) is 96.6 cm³/mol. The summed E-state index contributed by atoms with van der Waals surface area (Å²) in [5, 5.41) is 2.92. The van der Waals surface area contributed by atoms with E-state index in [1.54, 1.807) is 24.3 Å². The maximum absolute atomic E-state index is 12.4. The molecule has 0 saturated heterocycles. The van der Waals surface area contributed by atoms with E-state index in [4.69, 9.17) is 0 Å². The summed E-state index contributed by atoms with van der Waals surface area (Å²) >= 11 is 0. The van der Waals surface area contributed by atoms with Crippen molar-refractivity contribution in [3.8, 4) is 0 Å². The largest absolute Gasteiger partial charge is 0.350 e. The molecule has 1 amide bonds. The van der Waals surface area contributed by atoms with Crippen molar-refractivity contribution in [2.45, 2.75) is 25.8 Å². The van der Waals surface area contributed by atoms with Crippen LogP contribution in [-0.2, 0) is 16.4 Å². The third kappa shape index (κ3) is 5.70. The molecule has 5 nitrogen and oxygen atoms in total. The zero-order valence-electron chi connectivity index (χ0n) is 13.8. The summed E-state index contributed by atoms with van der Waals surface area (Å²) < 4.78 is 25.2. The number of nitrogens with one attached hydrogen (secondary N) is 2. The fraction of sp³-hybridized carbons (Fsp3) is 0.278. The molecule has 0 unspecified atom stereocenters. The summed E-state index contributed by atoms with van der Waals surface area (Å²) in [7, 11) is -3.44. The van der Waals surface area contributed by atoms with Gasteiger partial charge in [0.25, 0.3) is 5.91 Å². The molecule has 0 heterocycles. The fourth-order valence-electron chi connectivity index (χ4n) is 2.37. The van der Waals surface area contributed by atoms with E-state index in [1.807, 2.05) is 25.1 Å². The zero-order valence-corrected chi connectivity index (χ0v) is 14.6. The summed E-state index contributed by atoms with van der Waals surface area (Å²) in [5.74, 6) is -0.290. The number of hydrogen-bond acceptors (Lipinski definition) is 3. The molecule has 0 bridgehead atoms. The maximum Gasteiger partial charge on any atom is 0.253 e. The van der Waals surface area contributed by atoms with Crippen LogP contribution in [0.1, 0.15) is 29.3 Å². The van der Waals surface area contributed by atoms with Gasteiger partial charge in [0.15, 0.2) is 0 Å². The monoisotopic (exact) mass is 346 g/mol. The number of hydrogen-bond donors (Lipinski definition) is 2. The van der Waals surface area contributed by atoms with Gasteiger partial charge in [0.2, 0.25) is 10.0 Å². The Morgan fingerprint density at radius 1 is 1.04 bits per heavy atom. The molecular weight excluding hydrogens is 324 g/mol. The highest BCUT2D eigenvalue weighted by molar-refractivity contribution is 7.92. The van der Waals surface area contributed by atoms with Gasteiger partial charge >= 0.3 is 0 Å². The average Bonchev–Trinajstić information content (AvgIpc) is 2.53. The molecule has 1 atom stereocenters. The fourth-order valence-corrected chi connectivity index (χ4v) is 2.95. The second-order valence-electron chi connectivity index (χ2n) is 5.82. The molecule has 2 aromatic rings. The minimum absolute atomic E-state index is 0.0241. The van der Waals surface area contributed by atoms with Crippen LogP contribution in [0.25, 0.3) is 0 Å². The molecule has 0 radical (unpaired) electrons. The molecule has 0 aromatic heterocycles. The minimum Gasteiger partial charge on any atom is -0.350 e. The molecule has 24 heavy (non-hydrogen) atoms. The molecule has 2 N–H and O–H groups in total. The average molecular weight is 346 g/mol. The predicted octanol–water partition coefficient (Wildman–Crippen LogP) is 2.81. The number of benzene rings is 2. The molecule has 0 fully saturated rings. The van der Waals surface area contributed by atoms with Crippen molar-refractivity contribution < 1.29 is 13.2 Å². The standard InChI is InChI=1S/C18H22N2O3S/c1-14(12-13-15-8-4-3-5-9-15)19-18(21)16-10-6-7-11-17(16)20-24(2,22)23/h3-11,14,20H,12-13H2,1-2H3,(H,19,21)/t14-/m0/s1. The Morgan fingerprint density at radius 3 is 2.33 bits per heavy atom. The van der Waals surface area contributed by atoms with Crippen LogP contribution >= 0.6 is 0 Å². The van der Waals surface area contributed by atoms with Gasteiger partial charge in [-0.3, -0.25) is 9.52 Å². The Balaban J connectivity index is 1.99. The van der Waals surface area contributed by atoms with E-state index in [9.17, 15) is 13.2 Å². The molecule has 128 valence electrons. The molecule has 2 aromatic carbocycles. The summed E-state index contributed by atoms with van der Waals surface area (Å²) in [5.41, 5.74) is 1.82. The van der Waals surface area contributed by atoms with Crippen LogP contribution in [0.4, 0.5) is 5.69 Å². The molecule has 0 aliphatic heterocycles. The van der Waals surface area contributed by atoms with Gasteiger partial charge in [0, 0.05) is 6.04 Å². The Labute approximate surface area is 143 Å². The van der Waals surface area contributed by atoms with E-state index < -0.39 is 10.0 Å². The topological polar surface area (TPSA) is 75.3 Å². The first-order valence-electron chi connectivity index (χ1n) is 7.77. The van der Waals surface area contributed by atoms with E-state index >= 15 is 0 Å². The number of aryl methyl sites for hydroxylation is 1. The summed E-state index contributed by atoms with van der Waals surface area (Å²) in [4.78, 5) is 12.4. The van der Waals surface area contributed by atoms with Crippen LogP contribution in [0.5, 0.6) is 0 Å². The Bertz CT molecular complexity index is 789. The first-order chi connectivity index (χ1) is 11.3. The van der Waals surface area contributed by atoms with Crippen molar-refractivity contribution in [1.29, 1.82) is 0 Å². The van der Waals surface area contributed by atoms with Crippen molar-refractivity contribution in [3.05, 3.63) is 65.7 Å². The van der Waals surface area contributed by atoms with Gasteiger partial charge in [-0.25, -0.2) is 8.42 Å². The third-order valence-corrected chi connectivity index (χ3v) is 4.14. The molecule has 2 rings (SSSR count). The highest BCUT2D eigenvalue weighted by atomic mass is 32.2. The second kappa shape index (κ2) is 7.97. The third-order valence-electron chi connectivity index (χ3n) is 3.55. The van der Waals surface area contributed by atoms with Gasteiger partial charge in [-0.15, -0.1) is 0 Å². The number of carbonyl (C=O) groups is 1. The molecule has 0 aliphatic carbocycles. The van der Waals surface area contributed by atoms with Gasteiger partial charge in [0.05, 0.1) is 17.5 Å². The van der Waals surface area contributed by atoms with Crippen molar-refractivity contribution in [2.24, 2.45) is 0 Å². The highest BCUT2D eigenvalue weighted by Gasteiger charge is 2.15. The number of para-hydroxylation sites is 1. The van der Waals surface area contributed by atoms with Crippen molar-refractivity contribution in [3.63, 3.8) is 0 Å². The van der Waals surface area contributed by atoms with Gasteiger partial charge in [-0.1, -0.05) is 42.5 Å². The number of anilines is 1. The van der Waals surface area contributed by atoms with Crippen LogP contribution in [0.15, 0.2) is 54.6 Å². The number of amides is 1. The SMILES string of the molecule is C[C@@H](CCc1ccccc1)NC(=O)c1ccccc1NS(C)(=O)=O. The molecular formula is C18H22N2O3S. The van der Waals surface area contributed by atoms with Gasteiger partial charge in [-0.2, -0.15) is 0 Å². The van der Waals surface area contributed by atoms with Gasteiger partial charge in [-0.05, 0) is 37.5 Å². The summed E-state index contributed by atoms with van der Waals surface area (Å²) in [6.45, 7) is 1.94. The Kier molecular flexibility index (Phi) is 5.98.